The first-order valence-electron chi connectivity index (χ1n) is 7.34. The summed E-state index contributed by atoms with van der Waals surface area (Å²) in [5, 5.41) is 4.31. The average Bonchev–Trinajstić information content (AvgIpc) is 3.15. The van der Waals surface area contributed by atoms with Crippen LogP contribution in [0.5, 0.6) is 5.88 Å². The highest BCUT2D eigenvalue weighted by Gasteiger charge is 2.30. The Morgan fingerprint density at radius 1 is 1.38 bits per heavy atom. The molecule has 2 N–H and O–H groups in total. The van der Waals surface area contributed by atoms with E-state index >= 15 is 0 Å². The third-order valence-electron chi connectivity index (χ3n) is 3.44. The number of hydrogen-bond acceptors (Lipinski definition) is 5. The van der Waals surface area contributed by atoms with Crippen LogP contribution in [-0.2, 0) is 6.54 Å². The standard InChI is InChI=1S/C16H21N3OS/c1-11(2)20-16-14(17)5-6-15(18-16)19(13-3-4-13)9-12-7-8-21-10-12/h5-8,10-11,13H,3-4,9,17H2,1-2H3. The van der Waals surface area contributed by atoms with Crippen LogP contribution in [0.2, 0.25) is 0 Å². The summed E-state index contributed by atoms with van der Waals surface area (Å²) in [7, 11) is 0. The molecule has 0 unspecified atom stereocenters. The zero-order valence-corrected chi connectivity index (χ0v) is 13.3. The fourth-order valence-electron chi connectivity index (χ4n) is 2.28. The number of ether oxygens (including phenoxy) is 1. The molecule has 0 amide bonds. The first-order valence-corrected chi connectivity index (χ1v) is 8.28. The van der Waals surface area contributed by atoms with Crippen LogP contribution in [0.4, 0.5) is 11.5 Å². The van der Waals surface area contributed by atoms with Gasteiger partial charge in [-0.15, -0.1) is 0 Å². The number of nitrogens with two attached hydrogens (primary N) is 1. The Bertz CT molecular complexity index is 594. The maximum absolute atomic E-state index is 5.96. The molecular weight excluding hydrogens is 282 g/mol. The summed E-state index contributed by atoms with van der Waals surface area (Å²) in [6.07, 6.45) is 2.54. The van der Waals surface area contributed by atoms with Crippen molar-refractivity contribution >= 4 is 22.8 Å². The van der Waals surface area contributed by atoms with E-state index in [2.05, 4.69) is 26.7 Å². The Morgan fingerprint density at radius 2 is 2.19 bits per heavy atom. The zero-order chi connectivity index (χ0) is 14.8. The Hall–Kier alpha value is -1.75. The lowest BCUT2D eigenvalue weighted by molar-refractivity contribution is 0.234. The van der Waals surface area contributed by atoms with Crippen LogP contribution in [0.1, 0.15) is 32.3 Å². The molecule has 2 heterocycles. The molecule has 0 spiro atoms. The summed E-state index contributed by atoms with van der Waals surface area (Å²) in [5.74, 6) is 1.49. The molecule has 5 heteroatoms. The highest BCUT2D eigenvalue weighted by Crippen LogP contribution is 2.34. The number of nitrogens with zero attached hydrogens (tertiary/aromatic N) is 2. The van der Waals surface area contributed by atoms with Gasteiger partial charge in [-0.2, -0.15) is 16.3 Å². The molecule has 1 saturated carbocycles. The fraction of sp³-hybridized carbons (Fsp3) is 0.438. The number of hydrogen-bond donors (Lipinski definition) is 1. The normalized spacial score (nSPS) is 14.4. The van der Waals surface area contributed by atoms with Gasteiger partial charge in [0.2, 0.25) is 5.88 Å². The van der Waals surface area contributed by atoms with E-state index in [1.54, 1.807) is 11.3 Å². The molecule has 4 nitrogen and oxygen atoms in total. The van der Waals surface area contributed by atoms with Crippen molar-refractivity contribution in [3.8, 4) is 5.88 Å². The Labute approximate surface area is 129 Å². The van der Waals surface area contributed by atoms with Crippen molar-refractivity contribution in [1.82, 2.24) is 4.98 Å². The lowest BCUT2D eigenvalue weighted by Crippen LogP contribution is -2.26. The van der Waals surface area contributed by atoms with Crippen molar-refractivity contribution in [2.45, 2.75) is 45.4 Å². The summed E-state index contributed by atoms with van der Waals surface area (Å²) < 4.78 is 5.71. The molecule has 1 aliphatic rings. The van der Waals surface area contributed by atoms with Crippen LogP contribution in [0.15, 0.2) is 29.0 Å². The second kappa shape index (κ2) is 5.93. The summed E-state index contributed by atoms with van der Waals surface area (Å²) >= 11 is 1.73. The maximum atomic E-state index is 5.96. The van der Waals surface area contributed by atoms with E-state index in [1.807, 2.05) is 26.0 Å². The highest BCUT2D eigenvalue weighted by atomic mass is 32.1. The maximum Gasteiger partial charge on any atom is 0.239 e. The minimum absolute atomic E-state index is 0.0706. The molecule has 21 heavy (non-hydrogen) atoms. The average molecular weight is 303 g/mol. The molecule has 2 aromatic heterocycles. The van der Waals surface area contributed by atoms with Gasteiger partial charge in [-0.05, 0) is 61.2 Å². The fourth-order valence-corrected chi connectivity index (χ4v) is 2.94. The number of pyridine rings is 1. The van der Waals surface area contributed by atoms with Gasteiger partial charge < -0.3 is 15.4 Å². The van der Waals surface area contributed by atoms with E-state index in [0.717, 1.165) is 12.4 Å². The van der Waals surface area contributed by atoms with Gasteiger partial charge in [-0.3, -0.25) is 0 Å². The molecule has 2 aromatic rings. The van der Waals surface area contributed by atoms with Crippen LogP contribution < -0.4 is 15.4 Å². The number of thiophene rings is 1. The van der Waals surface area contributed by atoms with Crippen LogP contribution >= 0.6 is 11.3 Å². The van der Waals surface area contributed by atoms with Gasteiger partial charge in [0, 0.05) is 12.6 Å². The molecule has 1 fully saturated rings. The van der Waals surface area contributed by atoms with Crippen molar-refractivity contribution < 1.29 is 4.74 Å². The van der Waals surface area contributed by atoms with Crippen molar-refractivity contribution in [2.75, 3.05) is 10.6 Å². The van der Waals surface area contributed by atoms with Gasteiger partial charge >= 0.3 is 0 Å². The van der Waals surface area contributed by atoms with Crippen LogP contribution in [0.25, 0.3) is 0 Å². The number of anilines is 2. The first kappa shape index (κ1) is 14.2. The number of aromatic nitrogens is 1. The summed E-state index contributed by atoms with van der Waals surface area (Å²) in [4.78, 5) is 6.99. The molecule has 0 aromatic carbocycles. The minimum Gasteiger partial charge on any atom is -0.473 e. The van der Waals surface area contributed by atoms with E-state index in [1.165, 1.54) is 18.4 Å². The Kier molecular flexibility index (Phi) is 4.01. The molecular formula is C16H21N3OS. The lowest BCUT2D eigenvalue weighted by atomic mass is 10.3. The second-order valence-corrected chi connectivity index (χ2v) is 6.50. The number of rotatable bonds is 6. The predicted molar refractivity (Wildman–Crippen MR) is 87.9 cm³/mol. The van der Waals surface area contributed by atoms with Gasteiger partial charge in [0.25, 0.3) is 0 Å². The topological polar surface area (TPSA) is 51.4 Å². The van der Waals surface area contributed by atoms with Gasteiger partial charge in [0.1, 0.15) is 5.82 Å². The van der Waals surface area contributed by atoms with Gasteiger partial charge in [0.05, 0.1) is 11.8 Å². The number of nitrogen functional groups attached to an aromatic ring is 1. The van der Waals surface area contributed by atoms with Crippen molar-refractivity contribution in [2.24, 2.45) is 0 Å². The second-order valence-electron chi connectivity index (χ2n) is 5.72. The van der Waals surface area contributed by atoms with Gasteiger partial charge in [-0.25, -0.2) is 0 Å². The zero-order valence-electron chi connectivity index (χ0n) is 12.5. The van der Waals surface area contributed by atoms with E-state index in [4.69, 9.17) is 10.5 Å². The molecule has 1 aliphatic carbocycles. The van der Waals surface area contributed by atoms with E-state index < -0.39 is 0 Å². The smallest absolute Gasteiger partial charge is 0.239 e. The van der Waals surface area contributed by atoms with E-state index in [-0.39, 0.29) is 6.10 Å². The predicted octanol–water partition coefficient (Wildman–Crippen LogP) is 3.68. The van der Waals surface area contributed by atoms with Crippen molar-refractivity contribution in [3.05, 3.63) is 34.5 Å². The summed E-state index contributed by atoms with van der Waals surface area (Å²) in [6.45, 7) is 4.86. The van der Waals surface area contributed by atoms with Gasteiger partial charge in [0.15, 0.2) is 0 Å². The molecule has 0 saturated heterocycles. The highest BCUT2D eigenvalue weighted by molar-refractivity contribution is 7.07. The van der Waals surface area contributed by atoms with Crippen LogP contribution in [-0.4, -0.2) is 17.1 Å². The Balaban J connectivity index is 1.85. The van der Waals surface area contributed by atoms with Crippen LogP contribution in [0, 0.1) is 0 Å². The molecule has 3 rings (SSSR count). The molecule has 0 radical (unpaired) electrons. The Morgan fingerprint density at radius 3 is 2.81 bits per heavy atom. The van der Waals surface area contributed by atoms with Crippen LogP contribution in [0.3, 0.4) is 0 Å². The van der Waals surface area contributed by atoms with Gasteiger partial charge in [-0.1, -0.05) is 0 Å². The summed E-state index contributed by atoms with van der Waals surface area (Å²) in [5.41, 5.74) is 7.89. The molecule has 0 aliphatic heterocycles. The monoisotopic (exact) mass is 303 g/mol. The third-order valence-corrected chi connectivity index (χ3v) is 4.17. The van der Waals surface area contributed by atoms with Crippen molar-refractivity contribution in [3.63, 3.8) is 0 Å². The molecule has 0 atom stereocenters. The van der Waals surface area contributed by atoms with Crippen molar-refractivity contribution in [1.29, 1.82) is 0 Å². The quantitative estimate of drug-likeness (QED) is 0.884. The third kappa shape index (κ3) is 3.47. The molecule has 0 bridgehead atoms. The lowest BCUT2D eigenvalue weighted by Gasteiger charge is -2.24. The molecule has 112 valence electrons. The van der Waals surface area contributed by atoms with E-state index in [9.17, 15) is 0 Å². The SMILES string of the molecule is CC(C)Oc1nc(N(Cc2ccsc2)C2CC2)ccc1N. The van der Waals surface area contributed by atoms with E-state index in [0.29, 0.717) is 17.6 Å². The summed E-state index contributed by atoms with van der Waals surface area (Å²) in [6, 6.07) is 6.65. The minimum atomic E-state index is 0.0706. The first-order chi connectivity index (χ1) is 10.1. The largest absolute Gasteiger partial charge is 0.473 e.